The standard InChI is InChI=1S/C21H24N2O5.C2H2O4/c1-25-17-10-16(11-18(12-17)26-2)21(24)23-7-5-22(6-8-23)13-15-3-4-19-20(9-15)28-14-27-19;3-1(4)2(5)6/h3-4,9-12H,5-8,13-14H2,1-2H3;(H,3,4)(H,5,6). The molecule has 2 aliphatic rings. The summed E-state index contributed by atoms with van der Waals surface area (Å²) in [5.41, 5.74) is 1.77. The Kier molecular flexibility index (Phi) is 8.14. The number of benzene rings is 2. The van der Waals surface area contributed by atoms with Gasteiger partial charge in [0.15, 0.2) is 11.5 Å². The summed E-state index contributed by atoms with van der Waals surface area (Å²) in [6.45, 7) is 4.12. The average molecular weight is 474 g/mol. The molecule has 4 rings (SSSR count). The molecule has 1 saturated heterocycles. The topological polar surface area (TPSA) is 135 Å². The zero-order valence-corrected chi connectivity index (χ0v) is 18.9. The lowest BCUT2D eigenvalue weighted by Crippen LogP contribution is -2.48. The van der Waals surface area contributed by atoms with E-state index >= 15 is 0 Å². The Bertz CT molecular complexity index is 1010. The van der Waals surface area contributed by atoms with Crippen molar-refractivity contribution in [3.8, 4) is 23.0 Å². The summed E-state index contributed by atoms with van der Waals surface area (Å²) in [5.74, 6) is -0.815. The number of nitrogens with zero attached hydrogens (tertiary/aromatic N) is 2. The molecule has 0 saturated carbocycles. The first-order valence-electron chi connectivity index (χ1n) is 10.4. The maximum absolute atomic E-state index is 12.9. The van der Waals surface area contributed by atoms with Gasteiger partial charge in [-0.15, -0.1) is 0 Å². The van der Waals surface area contributed by atoms with Crippen LogP contribution in [0.2, 0.25) is 0 Å². The molecule has 0 aliphatic carbocycles. The molecule has 2 aromatic rings. The van der Waals surface area contributed by atoms with Gasteiger partial charge in [0.1, 0.15) is 11.5 Å². The molecule has 0 unspecified atom stereocenters. The molecule has 0 atom stereocenters. The highest BCUT2D eigenvalue weighted by atomic mass is 16.7. The maximum atomic E-state index is 12.9. The lowest BCUT2D eigenvalue weighted by molar-refractivity contribution is -0.159. The van der Waals surface area contributed by atoms with Crippen LogP contribution >= 0.6 is 0 Å². The second-order valence-corrected chi connectivity index (χ2v) is 7.47. The van der Waals surface area contributed by atoms with E-state index in [1.165, 1.54) is 5.56 Å². The molecule has 0 radical (unpaired) electrons. The van der Waals surface area contributed by atoms with Crippen molar-refractivity contribution in [1.29, 1.82) is 0 Å². The summed E-state index contributed by atoms with van der Waals surface area (Å²) in [6, 6.07) is 11.3. The molecule has 11 heteroatoms. The highest BCUT2D eigenvalue weighted by Gasteiger charge is 2.23. The van der Waals surface area contributed by atoms with Crippen LogP contribution in [-0.2, 0) is 16.1 Å². The molecule has 182 valence electrons. The molecular formula is C23H26N2O9. The van der Waals surface area contributed by atoms with E-state index in [0.29, 0.717) is 30.2 Å². The summed E-state index contributed by atoms with van der Waals surface area (Å²) >= 11 is 0. The summed E-state index contributed by atoms with van der Waals surface area (Å²) in [5, 5.41) is 14.8. The van der Waals surface area contributed by atoms with E-state index in [1.54, 1.807) is 32.4 Å². The third kappa shape index (κ3) is 6.29. The van der Waals surface area contributed by atoms with Gasteiger partial charge >= 0.3 is 11.9 Å². The Hall–Kier alpha value is -3.99. The Morgan fingerprint density at radius 2 is 1.44 bits per heavy atom. The monoisotopic (exact) mass is 474 g/mol. The molecule has 1 fully saturated rings. The molecule has 2 N–H and O–H groups in total. The number of rotatable bonds is 5. The Morgan fingerprint density at radius 1 is 0.853 bits per heavy atom. The van der Waals surface area contributed by atoms with Gasteiger partial charge in [-0.25, -0.2) is 9.59 Å². The van der Waals surface area contributed by atoms with Crippen molar-refractivity contribution in [2.45, 2.75) is 6.54 Å². The van der Waals surface area contributed by atoms with Gasteiger partial charge in [-0.2, -0.15) is 0 Å². The fraction of sp³-hybridized carbons (Fsp3) is 0.348. The van der Waals surface area contributed by atoms with Crippen molar-refractivity contribution in [3.63, 3.8) is 0 Å². The van der Waals surface area contributed by atoms with E-state index < -0.39 is 11.9 Å². The molecule has 1 amide bonds. The Balaban J connectivity index is 0.000000481. The van der Waals surface area contributed by atoms with Crippen molar-refractivity contribution in [1.82, 2.24) is 9.80 Å². The van der Waals surface area contributed by atoms with E-state index in [9.17, 15) is 4.79 Å². The van der Waals surface area contributed by atoms with Crippen molar-refractivity contribution in [3.05, 3.63) is 47.5 Å². The van der Waals surface area contributed by atoms with Gasteiger partial charge in [-0.1, -0.05) is 6.07 Å². The van der Waals surface area contributed by atoms with Crippen molar-refractivity contribution in [2.75, 3.05) is 47.2 Å². The van der Waals surface area contributed by atoms with Crippen LogP contribution in [0.5, 0.6) is 23.0 Å². The summed E-state index contributed by atoms with van der Waals surface area (Å²) in [4.78, 5) is 35.3. The highest BCUT2D eigenvalue weighted by molar-refractivity contribution is 6.27. The van der Waals surface area contributed by atoms with E-state index in [-0.39, 0.29) is 12.7 Å². The number of fused-ring (bicyclic) bond motifs is 1. The molecule has 34 heavy (non-hydrogen) atoms. The van der Waals surface area contributed by atoms with E-state index in [4.69, 9.17) is 38.7 Å². The molecular weight excluding hydrogens is 448 g/mol. The van der Waals surface area contributed by atoms with Gasteiger partial charge in [-0.05, 0) is 29.8 Å². The number of carboxylic acids is 2. The molecule has 0 bridgehead atoms. The van der Waals surface area contributed by atoms with Crippen LogP contribution in [0, 0.1) is 0 Å². The van der Waals surface area contributed by atoms with Gasteiger partial charge in [0.25, 0.3) is 5.91 Å². The normalized spacial score (nSPS) is 14.6. The number of amides is 1. The number of aliphatic carboxylic acids is 2. The first-order chi connectivity index (χ1) is 16.3. The first-order valence-corrected chi connectivity index (χ1v) is 10.4. The van der Waals surface area contributed by atoms with Crippen molar-refractivity contribution >= 4 is 17.8 Å². The molecule has 2 aromatic carbocycles. The zero-order chi connectivity index (χ0) is 24.7. The Morgan fingerprint density at radius 3 is 2.00 bits per heavy atom. The van der Waals surface area contributed by atoms with Crippen LogP contribution in [0.4, 0.5) is 0 Å². The number of ether oxygens (including phenoxy) is 4. The summed E-state index contributed by atoms with van der Waals surface area (Å²) in [6.07, 6.45) is 0. The molecule has 11 nitrogen and oxygen atoms in total. The summed E-state index contributed by atoms with van der Waals surface area (Å²) in [7, 11) is 3.16. The van der Waals surface area contributed by atoms with Gasteiger partial charge in [-0.3, -0.25) is 9.69 Å². The first kappa shape index (κ1) is 24.6. The van der Waals surface area contributed by atoms with Gasteiger partial charge < -0.3 is 34.1 Å². The van der Waals surface area contributed by atoms with E-state index in [0.717, 1.165) is 31.1 Å². The van der Waals surface area contributed by atoms with Gasteiger partial charge in [0.05, 0.1) is 14.2 Å². The number of piperazine rings is 1. The van der Waals surface area contributed by atoms with Crippen LogP contribution in [0.1, 0.15) is 15.9 Å². The van der Waals surface area contributed by atoms with Crippen LogP contribution in [-0.4, -0.2) is 85.1 Å². The van der Waals surface area contributed by atoms with Crippen molar-refractivity contribution < 1.29 is 43.5 Å². The quantitative estimate of drug-likeness (QED) is 0.615. The van der Waals surface area contributed by atoms with E-state index in [1.807, 2.05) is 17.0 Å². The van der Waals surface area contributed by atoms with Crippen LogP contribution in [0.3, 0.4) is 0 Å². The zero-order valence-electron chi connectivity index (χ0n) is 18.9. The van der Waals surface area contributed by atoms with Gasteiger partial charge in [0, 0.05) is 44.4 Å². The second kappa shape index (κ2) is 11.2. The second-order valence-electron chi connectivity index (χ2n) is 7.47. The van der Waals surface area contributed by atoms with Crippen LogP contribution in [0.15, 0.2) is 36.4 Å². The molecule has 0 aromatic heterocycles. The van der Waals surface area contributed by atoms with Crippen molar-refractivity contribution in [2.24, 2.45) is 0 Å². The highest BCUT2D eigenvalue weighted by Crippen LogP contribution is 2.33. The Labute approximate surface area is 196 Å². The predicted molar refractivity (Wildman–Crippen MR) is 119 cm³/mol. The third-order valence-corrected chi connectivity index (χ3v) is 5.28. The minimum atomic E-state index is -1.82. The molecule has 0 spiro atoms. The van der Waals surface area contributed by atoms with E-state index in [2.05, 4.69) is 11.0 Å². The fourth-order valence-corrected chi connectivity index (χ4v) is 3.52. The average Bonchev–Trinajstić information content (AvgIpc) is 3.32. The lowest BCUT2D eigenvalue weighted by Gasteiger charge is -2.35. The fourth-order valence-electron chi connectivity index (χ4n) is 3.52. The van der Waals surface area contributed by atoms with Gasteiger partial charge in [0.2, 0.25) is 6.79 Å². The lowest BCUT2D eigenvalue weighted by atomic mass is 10.1. The number of hydrogen-bond donors (Lipinski definition) is 2. The van der Waals surface area contributed by atoms with Crippen LogP contribution < -0.4 is 18.9 Å². The predicted octanol–water partition coefficient (Wildman–Crippen LogP) is 1.55. The minimum Gasteiger partial charge on any atom is -0.497 e. The SMILES string of the molecule is COc1cc(OC)cc(C(=O)N2CCN(Cc3ccc4c(c3)OCO4)CC2)c1.O=C(O)C(=O)O. The number of methoxy groups -OCH3 is 2. The largest absolute Gasteiger partial charge is 0.497 e. The minimum absolute atomic E-state index is 0.0000653. The number of hydrogen-bond acceptors (Lipinski definition) is 8. The maximum Gasteiger partial charge on any atom is 0.414 e. The number of carbonyl (C=O) groups excluding carboxylic acids is 1. The third-order valence-electron chi connectivity index (χ3n) is 5.28. The summed E-state index contributed by atoms with van der Waals surface area (Å²) < 4.78 is 21.4. The number of carbonyl (C=O) groups is 3. The van der Waals surface area contributed by atoms with Crippen LogP contribution in [0.25, 0.3) is 0 Å². The molecule has 2 aliphatic heterocycles. The number of carboxylic acid groups (broad SMARTS) is 2. The molecule has 2 heterocycles. The smallest absolute Gasteiger partial charge is 0.414 e.